The number of benzene rings is 5. The van der Waals surface area contributed by atoms with Gasteiger partial charge in [0.1, 0.15) is 12.7 Å². The fraction of sp³-hybridized carbons (Fsp3) is 0.200. The molecule has 224 valence electrons. The fourth-order valence-electron chi connectivity index (χ4n) is 5.80. The van der Waals surface area contributed by atoms with E-state index in [1.165, 1.54) is 11.1 Å². The summed E-state index contributed by atoms with van der Waals surface area (Å²) >= 11 is 0. The van der Waals surface area contributed by atoms with E-state index < -0.39 is 0 Å². The molecule has 0 bridgehead atoms. The molecule has 2 heterocycles. The van der Waals surface area contributed by atoms with E-state index in [1.54, 1.807) is 12.7 Å². The first-order valence-electron chi connectivity index (χ1n) is 15.1. The largest absolute Gasteiger partial charge is 2.00 e. The molecule has 0 atom stereocenters. The summed E-state index contributed by atoms with van der Waals surface area (Å²) in [7, 11) is 0. The van der Waals surface area contributed by atoms with Crippen LogP contribution in [-0.2, 0) is 31.9 Å². The van der Waals surface area contributed by atoms with Gasteiger partial charge in [-0.15, -0.1) is 53.4 Å². The zero-order chi connectivity index (χ0) is 30.6. The van der Waals surface area contributed by atoms with Crippen molar-refractivity contribution in [3.63, 3.8) is 0 Å². The molecule has 4 nitrogen and oxygen atoms in total. The van der Waals surface area contributed by atoms with Gasteiger partial charge >= 0.3 is 21.1 Å². The molecule has 0 fully saturated rings. The molecule has 0 spiro atoms. The van der Waals surface area contributed by atoms with Crippen LogP contribution in [0.3, 0.4) is 0 Å². The van der Waals surface area contributed by atoms with Crippen molar-refractivity contribution in [3.05, 3.63) is 121 Å². The van der Waals surface area contributed by atoms with Crippen LogP contribution >= 0.6 is 0 Å². The molecule has 0 N–H and O–H groups in total. The molecule has 45 heavy (non-hydrogen) atoms. The number of fused-ring (bicyclic) bond motifs is 3. The molecule has 0 aliphatic rings. The summed E-state index contributed by atoms with van der Waals surface area (Å²) in [6, 6.07) is 37.3. The zero-order valence-electron chi connectivity index (χ0n) is 26.3. The number of aromatic nitrogens is 4. The molecular formula is C40H34N4Pt. The maximum atomic E-state index is 4.72. The van der Waals surface area contributed by atoms with Crippen LogP contribution in [0.4, 0.5) is 0 Å². The molecule has 0 aliphatic heterocycles. The summed E-state index contributed by atoms with van der Waals surface area (Å²) in [6.45, 7) is 13.3. The van der Waals surface area contributed by atoms with Gasteiger partial charge in [0.05, 0.1) is 11.0 Å². The van der Waals surface area contributed by atoms with E-state index >= 15 is 0 Å². The first-order valence-corrected chi connectivity index (χ1v) is 15.1. The van der Waals surface area contributed by atoms with Gasteiger partial charge < -0.3 is 0 Å². The summed E-state index contributed by atoms with van der Waals surface area (Å²) < 4.78 is 0. The number of nitrogens with zero attached hydrogens (tertiary/aromatic N) is 4. The number of hydrogen-bond acceptors (Lipinski definition) is 4. The van der Waals surface area contributed by atoms with Crippen molar-refractivity contribution >= 4 is 32.6 Å². The van der Waals surface area contributed by atoms with Gasteiger partial charge in [0, 0.05) is 11.4 Å². The quantitative estimate of drug-likeness (QED) is 0.168. The van der Waals surface area contributed by atoms with Gasteiger partial charge in [0.25, 0.3) is 0 Å². The molecule has 0 saturated heterocycles. The van der Waals surface area contributed by atoms with Crippen LogP contribution < -0.4 is 0 Å². The average Bonchev–Trinajstić information content (AvgIpc) is 3.02. The Balaban J connectivity index is 0.00000357. The summed E-state index contributed by atoms with van der Waals surface area (Å²) in [4.78, 5) is 18.6. The fourth-order valence-corrected chi connectivity index (χ4v) is 5.80. The van der Waals surface area contributed by atoms with Crippen LogP contribution in [0, 0.1) is 12.1 Å². The minimum Gasteiger partial charge on any atom is -0.275 e. The van der Waals surface area contributed by atoms with Crippen LogP contribution in [0.2, 0.25) is 0 Å². The van der Waals surface area contributed by atoms with E-state index in [1.807, 2.05) is 0 Å². The SMILES string of the molecule is CC(C)(C)c1ccc2c(-c3[c-]c(-c4cccc5ccc(-c6ncnc7cc(C(C)(C)C)ccc67)[c-]c45)ccc3)ncnc2c1.[Pt+2]. The molecule has 0 amide bonds. The second-order valence-electron chi connectivity index (χ2n) is 13.5. The van der Waals surface area contributed by atoms with Gasteiger partial charge in [-0.25, -0.2) is 9.97 Å². The van der Waals surface area contributed by atoms with Crippen LogP contribution in [0.15, 0.2) is 97.6 Å². The van der Waals surface area contributed by atoms with E-state index in [-0.39, 0.29) is 31.9 Å². The van der Waals surface area contributed by atoms with Crippen molar-refractivity contribution in [2.75, 3.05) is 0 Å². The average molecular weight is 766 g/mol. The Bertz CT molecular complexity index is 2210. The molecule has 7 aromatic rings. The summed E-state index contributed by atoms with van der Waals surface area (Å²) in [6.07, 6.45) is 3.31. The van der Waals surface area contributed by atoms with Crippen LogP contribution in [0.1, 0.15) is 52.7 Å². The van der Waals surface area contributed by atoms with E-state index in [0.29, 0.717) is 0 Å². The maximum absolute atomic E-state index is 4.72. The Morgan fingerprint density at radius 2 is 1.04 bits per heavy atom. The summed E-state index contributed by atoms with van der Waals surface area (Å²) in [5.74, 6) is 0. The maximum Gasteiger partial charge on any atom is 2.00 e. The third kappa shape index (κ3) is 5.80. The van der Waals surface area contributed by atoms with E-state index in [9.17, 15) is 0 Å². The minimum atomic E-state index is 0. The Morgan fingerprint density at radius 1 is 0.511 bits per heavy atom. The molecule has 5 heteroatoms. The van der Waals surface area contributed by atoms with Crippen molar-refractivity contribution in [1.29, 1.82) is 0 Å². The van der Waals surface area contributed by atoms with Gasteiger partial charge in [-0.05, 0) is 44.9 Å². The van der Waals surface area contributed by atoms with Crippen LogP contribution in [0.5, 0.6) is 0 Å². The Hall–Kier alpha value is -4.27. The number of rotatable bonds is 3. The van der Waals surface area contributed by atoms with Gasteiger partial charge in [0.15, 0.2) is 0 Å². The molecule has 0 unspecified atom stereocenters. The third-order valence-electron chi connectivity index (χ3n) is 8.39. The smallest absolute Gasteiger partial charge is 0.275 e. The van der Waals surface area contributed by atoms with Crippen molar-refractivity contribution in [2.45, 2.75) is 52.4 Å². The molecule has 0 aliphatic carbocycles. The molecular weight excluding hydrogens is 732 g/mol. The number of hydrogen-bond donors (Lipinski definition) is 0. The zero-order valence-corrected chi connectivity index (χ0v) is 28.6. The Labute approximate surface area is 279 Å². The Kier molecular flexibility index (Phi) is 7.91. The first-order chi connectivity index (χ1) is 21.1. The monoisotopic (exact) mass is 765 g/mol. The van der Waals surface area contributed by atoms with Crippen molar-refractivity contribution in [2.24, 2.45) is 0 Å². The van der Waals surface area contributed by atoms with Crippen LogP contribution in [-0.4, -0.2) is 19.9 Å². The van der Waals surface area contributed by atoms with Gasteiger partial charge in [-0.3, -0.25) is 9.97 Å². The van der Waals surface area contributed by atoms with Crippen LogP contribution in [0.25, 0.3) is 66.2 Å². The van der Waals surface area contributed by atoms with Crippen molar-refractivity contribution in [3.8, 4) is 33.6 Å². The molecule has 7 rings (SSSR count). The predicted octanol–water partition coefficient (Wildman–Crippen LogP) is 9.92. The van der Waals surface area contributed by atoms with Crippen molar-refractivity contribution < 1.29 is 21.1 Å². The molecule has 5 aromatic carbocycles. The first kappa shape index (κ1) is 30.7. The summed E-state index contributed by atoms with van der Waals surface area (Å²) in [5.41, 5.74) is 10.2. The minimum absolute atomic E-state index is 0. The molecule has 0 radical (unpaired) electrons. The van der Waals surface area contributed by atoms with E-state index in [4.69, 9.17) is 9.97 Å². The van der Waals surface area contributed by atoms with Gasteiger partial charge in [-0.1, -0.05) is 106 Å². The third-order valence-corrected chi connectivity index (χ3v) is 8.39. The second-order valence-corrected chi connectivity index (χ2v) is 13.5. The summed E-state index contributed by atoms with van der Waals surface area (Å²) in [5, 5.41) is 4.18. The normalized spacial score (nSPS) is 12.0. The molecule has 2 aromatic heterocycles. The van der Waals surface area contributed by atoms with E-state index in [0.717, 1.165) is 66.2 Å². The van der Waals surface area contributed by atoms with Crippen molar-refractivity contribution in [1.82, 2.24) is 19.9 Å². The van der Waals surface area contributed by atoms with Gasteiger partial charge in [-0.2, -0.15) is 0 Å². The predicted molar refractivity (Wildman–Crippen MR) is 182 cm³/mol. The topological polar surface area (TPSA) is 51.6 Å². The standard InChI is InChI=1S/C40H34N4.Pt/c1-39(2,3)29-15-17-32-35(21-29)41-23-43-37(32)27-11-7-10-26(19-27)31-12-8-9-25-13-14-28(20-34(25)31)38-33-18-16-30(40(4,5)6)22-36(33)42-24-44-38;/h7-18,21-24H,1-6H3;/q-2;+2. The van der Waals surface area contributed by atoms with E-state index in [2.05, 4.69) is 149 Å². The molecule has 0 saturated carbocycles. The van der Waals surface area contributed by atoms with Gasteiger partial charge in [0.2, 0.25) is 0 Å². The Morgan fingerprint density at radius 3 is 1.62 bits per heavy atom. The second kappa shape index (κ2) is 11.6.